The number of nitrogens with two attached hydrogens (primary N) is 1. The summed E-state index contributed by atoms with van der Waals surface area (Å²) in [5, 5.41) is 22.7. The van der Waals surface area contributed by atoms with E-state index in [9.17, 15) is 10.1 Å². The van der Waals surface area contributed by atoms with E-state index in [0.717, 1.165) is 24.0 Å². The van der Waals surface area contributed by atoms with Gasteiger partial charge in [0.05, 0.1) is 16.7 Å². The van der Waals surface area contributed by atoms with Crippen molar-refractivity contribution in [2.75, 3.05) is 0 Å². The first kappa shape index (κ1) is 12.8. The summed E-state index contributed by atoms with van der Waals surface area (Å²) in [5.41, 5.74) is 5.33. The van der Waals surface area contributed by atoms with Crippen molar-refractivity contribution < 1.29 is 14.5 Å². The maximum atomic E-state index is 10.7. The molecule has 19 heavy (non-hydrogen) atoms. The zero-order valence-corrected chi connectivity index (χ0v) is 10.1. The van der Waals surface area contributed by atoms with Gasteiger partial charge in [0.2, 0.25) is 0 Å². The topological polar surface area (TPSA) is 141 Å². The standard InChI is InChI=1S/C9H7N5O4S/c10-7(13-15)6-3-5(14(16)17)4-12-8(6)19-9-11-1-2-18-9/h1-4,15H,(H2,10,13). The Morgan fingerprint density at radius 1 is 1.58 bits per heavy atom. The lowest BCUT2D eigenvalue weighted by molar-refractivity contribution is -0.385. The molecule has 0 saturated heterocycles. The molecule has 10 heteroatoms. The Morgan fingerprint density at radius 3 is 2.95 bits per heavy atom. The van der Waals surface area contributed by atoms with Crippen molar-refractivity contribution in [3.63, 3.8) is 0 Å². The van der Waals surface area contributed by atoms with Crippen LogP contribution >= 0.6 is 11.8 Å². The summed E-state index contributed by atoms with van der Waals surface area (Å²) in [5.74, 6) is -0.287. The molecule has 0 bridgehead atoms. The molecule has 0 spiro atoms. The molecule has 2 rings (SSSR count). The van der Waals surface area contributed by atoms with Gasteiger partial charge < -0.3 is 15.4 Å². The third-order valence-corrected chi connectivity index (χ3v) is 2.92. The van der Waals surface area contributed by atoms with Crippen molar-refractivity contribution in [1.82, 2.24) is 9.97 Å². The van der Waals surface area contributed by atoms with Gasteiger partial charge in [0.25, 0.3) is 10.9 Å². The maximum Gasteiger partial charge on any atom is 0.288 e. The van der Waals surface area contributed by atoms with E-state index < -0.39 is 4.92 Å². The van der Waals surface area contributed by atoms with E-state index in [0.29, 0.717) is 0 Å². The smallest absolute Gasteiger partial charge is 0.288 e. The highest BCUT2D eigenvalue weighted by molar-refractivity contribution is 7.99. The van der Waals surface area contributed by atoms with Gasteiger partial charge in [-0.15, -0.1) is 0 Å². The molecule has 0 aromatic carbocycles. The van der Waals surface area contributed by atoms with Gasteiger partial charge >= 0.3 is 0 Å². The first-order valence-corrected chi connectivity index (χ1v) is 5.63. The summed E-state index contributed by atoms with van der Waals surface area (Å²) in [6.45, 7) is 0. The van der Waals surface area contributed by atoms with Crippen molar-refractivity contribution in [3.8, 4) is 0 Å². The van der Waals surface area contributed by atoms with E-state index in [-0.39, 0.29) is 27.3 Å². The number of hydrogen-bond acceptors (Lipinski definition) is 8. The lowest BCUT2D eigenvalue weighted by atomic mass is 10.2. The number of oxazole rings is 1. The van der Waals surface area contributed by atoms with E-state index in [1.807, 2.05) is 0 Å². The number of aromatic nitrogens is 2. The Morgan fingerprint density at radius 2 is 2.37 bits per heavy atom. The van der Waals surface area contributed by atoms with Crippen molar-refractivity contribution in [2.24, 2.45) is 10.9 Å². The largest absolute Gasteiger partial charge is 0.440 e. The van der Waals surface area contributed by atoms with Crippen LogP contribution in [0, 0.1) is 10.1 Å². The fourth-order valence-electron chi connectivity index (χ4n) is 1.20. The summed E-state index contributed by atoms with van der Waals surface area (Å²) < 4.78 is 5.02. The van der Waals surface area contributed by atoms with Gasteiger partial charge in [-0.1, -0.05) is 5.16 Å². The van der Waals surface area contributed by atoms with Crippen LogP contribution in [0.3, 0.4) is 0 Å². The Hall–Kier alpha value is -2.62. The van der Waals surface area contributed by atoms with Crippen LogP contribution in [-0.4, -0.2) is 25.9 Å². The molecule has 0 aliphatic heterocycles. The number of rotatable bonds is 4. The molecular formula is C9H7N5O4S. The maximum absolute atomic E-state index is 10.7. The highest BCUT2D eigenvalue weighted by atomic mass is 32.2. The van der Waals surface area contributed by atoms with E-state index in [1.165, 1.54) is 12.5 Å². The lowest BCUT2D eigenvalue weighted by Crippen LogP contribution is -2.15. The first-order chi connectivity index (χ1) is 9.11. The highest BCUT2D eigenvalue weighted by Gasteiger charge is 2.17. The minimum Gasteiger partial charge on any atom is -0.440 e. The third kappa shape index (κ3) is 2.80. The Balaban J connectivity index is 2.44. The Bertz CT molecular complexity index is 628. The van der Waals surface area contributed by atoms with Gasteiger partial charge in [0, 0.05) is 6.07 Å². The van der Waals surface area contributed by atoms with E-state index in [1.54, 1.807) is 0 Å². The van der Waals surface area contributed by atoms with E-state index in [4.69, 9.17) is 15.4 Å². The molecule has 0 saturated carbocycles. The van der Waals surface area contributed by atoms with Crippen LogP contribution in [-0.2, 0) is 0 Å². The fourth-order valence-corrected chi connectivity index (χ4v) is 1.96. The van der Waals surface area contributed by atoms with Gasteiger partial charge in [-0.25, -0.2) is 9.97 Å². The molecule has 9 nitrogen and oxygen atoms in total. The van der Waals surface area contributed by atoms with Crippen LogP contribution in [0.25, 0.3) is 0 Å². The molecule has 2 aromatic rings. The van der Waals surface area contributed by atoms with Gasteiger partial charge in [-0.2, -0.15) is 0 Å². The lowest BCUT2D eigenvalue weighted by Gasteiger charge is -2.04. The average molecular weight is 281 g/mol. The minimum absolute atomic E-state index is 0.125. The zero-order valence-electron chi connectivity index (χ0n) is 9.26. The van der Waals surface area contributed by atoms with Crippen LogP contribution in [0.2, 0.25) is 0 Å². The molecule has 2 heterocycles. The molecule has 0 fully saturated rings. The predicted molar refractivity (Wildman–Crippen MR) is 64.0 cm³/mol. The number of amidine groups is 1. The summed E-state index contributed by atoms with van der Waals surface area (Å²) in [4.78, 5) is 17.8. The summed E-state index contributed by atoms with van der Waals surface area (Å²) >= 11 is 1.00. The molecule has 3 N–H and O–H groups in total. The Kier molecular flexibility index (Phi) is 3.61. The zero-order chi connectivity index (χ0) is 13.8. The number of nitro groups is 1. The first-order valence-electron chi connectivity index (χ1n) is 4.81. The second-order valence-electron chi connectivity index (χ2n) is 3.19. The van der Waals surface area contributed by atoms with E-state index in [2.05, 4.69) is 15.1 Å². The van der Waals surface area contributed by atoms with Crippen molar-refractivity contribution >= 4 is 23.3 Å². The SMILES string of the molecule is N/C(=N/O)c1cc([N+](=O)[O-])cnc1Sc1ncco1. The quantitative estimate of drug-likeness (QED) is 0.280. The fraction of sp³-hybridized carbons (Fsp3) is 0. The van der Waals surface area contributed by atoms with Crippen LogP contribution in [0.5, 0.6) is 0 Å². The summed E-state index contributed by atoms with van der Waals surface area (Å²) in [7, 11) is 0. The molecule has 0 aliphatic rings. The van der Waals surface area contributed by atoms with Crippen molar-refractivity contribution in [3.05, 3.63) is 40.4 Å². The van der Waals surface area contributed by atoms with E-state index >= 15 is 0 Å². The minimum atomic E-state index is -0.624. The normalized spacial score (nSPS) is 11.5. The molecule has 2 aromatic heterocycles. The van der Waals surface area contributed by atoms with Crippen LogP contribution < -0.4 is 5.73 Å². The van der Waals surface area contributed by atoms with Gasteiger partial charge in [-0.3, -0.25) is 10.1 Å². The van der Waals surface area contributed by atoms with Crippen LogP contribution in [0.4, 0.5) is 5.69 Å². The molecule has 0 atom stereocenters. The van der Waals surface area contributed by atoms with Crippen molar-refractivity contribution in [2.45, 2.75) is 10.2 Å². The van der Waals surface area contributed by atoms with Crippen molar-refractivity contribution in [1.29, 1.82) is 0 Å². The molecule has 0 amide bonds. The number of pyridine rings is 1. The second-order valence-corrected chi connectivity index (χ2v) is 4.13. The number of nitrogens with zero attached hydrogens (tertiary/aromatic N) is 4. The molecular weight excluding hydrogens is 274 g/mol. The summed E-state index contributed by atoms with van der Waals surface area (Å²) in [6.07, 6.45) is 3.88. The van der Waals surface area contributed by atoms with Gasteiger partial charge in [0.1, 0.15) is 17.5 Å². The Labute approximate surface area is 110 Å². The molecule has 0 unspecified atom stereocenters. The van der Waals surface area contributed by atoms with Crippen LogP contribution in [0.15, 0.2) is 44.5 Å². The molecule has 0 radical (unpaired) electrons. The van der Waals surface area contributed by atoms with Crippen LogP contribution in [0.1, 0.15) is 5.56 Å². The van der Waals surface area contributed by atoms with Gasteiger partial charge in [0.15, 0.2) is 5.84 Å². The predicted octanol–water partition coefficient (Wildman–Crippen LogP) is 1.22. The average Bonchev–Trinajstić information content (AvgIpc) is 2.91. The monoisotopic (exact) mass is 281 g/mol. The third-order valence-electron chi connectivity index (χ3n) is 2.02. The van der Waals surface area contributed by atoms with Gasteiger partial charge in [-0.05, 0) is 11.8 Å². The molecule has 0 aliphatic carbocycles. The highest BCUT2D eigenvalue weighted by Crippen LogP contribution is 2.29. The molecule has 98 valence electrons. The summed E-state index contributed by atoms with van der Waals surface area (Å²) in [6, 6.07) is 1.16. The second kappa shape index (κ2) is 5.35. The number of hydrogen-bond donors (Lipinski definition) is 2. The number of oxime groups is 1.